The Morgan fingerprint density at radius 2 is 1.78 bits per heavy atom. The Morgan fingerprint density at radius 3 is 2.26 bits per heavy atom. The molecule has 0 atom stereocenters. The standard InChI is InChI=1S/C18H21BBrF3O3S/c1-11(24)27-10-13(19-25-16(2,3)17(4,5)26-19)8-12-6-7-14(20)9-15(12)18(21,22)23/h6-9H,10H2,1-5H3. The molecule has 27 heavy (non-hydrogen) atoms. The topological polar surface area (TPSA) is 35.5 Å². The number of rotatable bonds is 4. The van der Waals surface area contributed by atoms with Gasteiger partial charge in [0.15, 0.2) is 5.12 Å². The number of benzene rings is 1. The molecule has 0 N–H and O–H groups in total. The minimum Gasteiger partial charge on any atom is -0.400 e. The van der Waals surface area contributed by atoms with Crippen molar-refractivity contribution in [3.63, 3.8) is 0 Å². The van der Waals surface area contributed by atoms with Crippen LogP contribution in [0, 0.1) is 0 Å². The lowest BCUT2D eigenvalue weighted by Gasteiger charge is -2.32. The van der Waals surface area contributed by atoms with Crippen LogP contribution in [0.5, 0.6) is 0 Å². The third kappa shape index (κ3) is 5.40. The Morgan fingerprint density at radius 1 is 1.22 bits per heavy atom. The Balaban J connectivity index is 2.48. The summed E-state index contributed by atoms with van der Waals surface area (Å²) in [5.74, 6) is 0.180. The molecule has 0 radical (unpaired) electrons. The SMILES string of the molecule is CC(=O)SCC(=Cc1ccc(Br)cc1C(F)(F)F)B1OC(C)(C)C(C)(C)O1. The zero-order chi connectivity index (χ0) is 20.6. The summed E-state index contributed by atoms with van der Waals surface area (Å²) < 4.78 is 52.6. The first-order chi connectivity index (χ1) is 12.2. The summed E-state index contributed by atoms with van der Waals surface area (Å²) in [5.41, 5.74) is -1.56. The summed E-state index contributed by atoms with van der Waals surface area (Å²) in [4.78, 5) is 11.4. The molecule has 1 fully saturated rings. The van der Waals surface area contributed by atoms with Crippen LogP contribution >= 0.6 is 27.7 Å². The molecule has 0 spiro atoms. The molecule has 9 heteroatoms. The largest absolute Gasteiger partial charge is 0.491 e. The van der Waals surface area contributed by atoms with Crippen molar-refractivity contribution >= 4 is 46.0 Å². The van der Waals surface area contributed by atoms with Crippen LogP contribution in [0.4, 0.5) is 13.2 Å². The molecular weight excluding hydrogens is 444 g/mol. The predicted octanol–water partition coefficient (Wildman–Crippen LogP) is 5.76. The van der Waals surface area contributed by atoms with Gasteiger partial charge in [0.2, 0.25) is 0 Å². The number of carbonyl (C=O) groups excluding carboxylic acids is 1. The Bertz CT molecular complexity index is 747. The number of carbonyl (C=O) groups is 1. The van der Waals surface area contributed by atoms with Crippen LogP contribution in [0.15, 0.2) is 28.1 Å². The van der Waals surface area contributed by atoms with E-state index in [0.717, 1.165) is 17.8 Å². The van der Waals surface area contributed by atoms with Crippen molar-refractivity contribution in [2.45, 2.75) is 52.0 Å². The van der Waals surface area contributed by atoms with E-state index in [1.54, 1.807) is 6.07 Å². The van der Waals surface area contributed by atoms with Gasteiger partial charge in [-0.2, -0.15) is 13.2 Å². The average molecular weight is 465 g/mol. The molecule has 1 aliphatic rings. The maximum absolute atomic E-state index is 13.4. The van der Waals surface area contributed by atoms with Crippen LogP contribution in [0.3, 0.4) is 0 Å². The van der Waals surface area contributed by atoms with Gasteiger partial charge in [-0.1, -0.05) is 39.8 Å². The van der Waals surface area contributed by atoms with Crippen molar-refractivity contribution in [1.82, 2.24) is 0 Å². The van der Waals surface area contributed by atoms with Crippen molar-refractivity contribution in [3.05, 3.63) is 39.3 Å². The van der Waals surface area contributed by atoms with E-state index < -0.39 is 30.1 Å². The number of halogens is 4. The van der Waals surface area contributed by atoms with Gasteiger partial charge in [-0.3, -0.25) is 4.79 Å². The lowest BCUT2D eigenvalue weighted by atomic mass is 9.78. The molecule has 0 unspecified atom stereocenters. The number of alkyl halides is 3. The molecule has 0 bridgehead atoms. The first-order valence-electron chi connectivity index (χ1n) is 8.29. The summed E-state index contributed by atoms with van der Waals surface area (Å²) >= 11 is 4.09. The van der Waals surface area contributed by atoms with Crippen LogP contribution in [0.1, 0.15) is 45.7 Å². The molecule has 3 nitrogen and oxygen atoms in total. The summed E-state index contributed by atoms with van der Waals surface area (Å²) in [6.07, 6.45) is -3.10. The Labute approximate surface area is 170 Å². The van der Waals surface area contributed by atoms with Crippen molar-refractivity contribution in [1.29, 1.82) is 0 Å². The van der Waals surface area contributed by atoms with Crippen LogP contribution < -0.4 is 0 Å². The molecule has 2 rings (SSSR count). The quantitative estimate of drug-likeness (QED) is 0.530. The van der Waals surface area contributed by atoms with Gasteiger partial charge in [-0.25, -0.2) is 0 Å². The minimum atomic E-state index is -4.51. The minimum absolute atomic E-state index is 0.000403. The molecule has 0 aromatic heterocycles. The van der Waals surface area contributed by atoms with Crippen LogP contribution in [0.2, 0.25) is 0 Å². The van der Waals surface area contributed by atoms with Crippen LogP contribution in [0.25, 0.3) is 6.08 Å². The lowest BCUT2D eigenvalue weighted by molar-refractivity contribution is -0.137. The fraction of sp³-hybridized carbons (Fsp3) is 0.500. The van der Waals surface area contributed by atoms with E-state index in [4.69, 9.17) is 9.31 Å². The molecule has 0 saturated carbocycles. The maximum atomic E-state index is 13.4. The summed E-state index contributed by atoms with van der Waals surface area (Å²) in [7, 11) is -0.827. The molecule has 148 valence electrons. The zero-order valence-electron chi connectivity index (χ0n) is 15.7. The highest BCUT2D eigenvalue weighted by Crippen LogP contribution is 2.40. The van der Waals surface area contributed by atoms with E-state index in [2.05, 4.69) is 15.9 Å². The summed E-state index contributed by atoms with van der Waals surface area (Å²) in [5, 5.41) is -0.135. The van der Waals surface area contributed by atoms with Crippen molar-refractivity contribution in [3.8, 4) is 0 Å². The third-order valence-corrected chi connectivity index (χ3v) is 6.04. The van der Waals surface area contributed by atoms with E-state index in [-0.39, 0.29) is 16.4 Å². The molecule has 1 aliphatic heterocycles. The van der Waals surface area contributed by atoms with E-state index >= 15 is 0 Å². The predicted molar refractivity (Wildman–Crippen MR) is 106 cm³/mol. The monoisotopic (exact) mass is 464 g/mol. The Hall–Kier alpha value is -0.765. The highest BCUT2D eigenvalue weighted by molar-refractivity contribution is 9.10. The first kappa shape index (κ1) is 22.5. The van der Waals surface area contributed by atoms with E-state index in [1.807, 2.05) is 27.7 Å². The summed E-state index contributed by atoms with van der Waals surface area (Å²) in [6, 6.07) is 3.96. The van der Waals surface area contributed by atoms with Gasteiger partial charge in [0.25, 0.3) is 0 Å². The highest BCUT2D eigenvalue weighted by atomic mass is 79.9. The molecule has 0 amide bonds. The molecule has 1 aromatic rings. The van der Waals surface area contributed by atoms with Gasteiger partial charge in [-0.05, 0) is 50.9 Å². The first-order valence-corrected chi connectivity index (χ1v) is 10.1. The highest BCUT2D eigenvalue weighted by Gasteiger charge is 2.52. The second-order valence-corrected chi connectivity index (χ2v) is 9.39. The third-order valence-electron chi connectivity index (χ3n) is 4.66. The van der Waals surface area contributed by atoms with Gasteiger partial charge in [0.1, 0.15) is 0 Å². The van der Waals surface area contributed by atoms with Crippen molar-refractivity contribution in [2.75, 3.05) is 5.75 Å². The second-order valence-electron chi connectivity index (χ2n) is 7.32. The van der Waals surface area contributed by atoms with Gasteiger partial charge in [0.05, 0.1) is 16.8 Å². The fourth-order valence-electron chi connectivity index (χ4n) is 2.46. The fourth-order valence-corrected chi connectivity index (χ4v) is 3.41. The normalized spacial score (nSPS) is 19.4. The van der Waals surface area contributed by atoms with Gasteiger partial charge >= 0.3 is 13.3 Å². The second kappa shape index (κ2) is 7.93. The van der Waals surface area contributed by atoms with E-state index in [1.165, 1.54) is 19.1 Å². The maximum Gasteiger partial charge on any atom is 0.491 e. The smallest absolute Gasteiger partial charge is 0.400 e. The average Bonchev–Trinajstić information content (AvgIpc) is 2.71. The van der Waals surface area contributed by atoms with Gasteiger partial charge in [-0.15, -0.1) is 0 Å². The van der Waals surface area contributed by atoms with Crippen molar-refractivity contribution < 1.29 is 27.3 Å². The van der Waals surface area contributed by atoms with Gasteiger partial charge < -0.3 is 9.31 Å². The molecular formula is C18H21BBrF3O3S. The van der Waals surface area contributed by atoms with Crippen LogP contribution in [-0.2, 0) is 20.3 Å². The van der Waals surface area contributed by atoms with Gasteiger partial charge in [0, 0.05) is 17.1 Å². The lowest BCUT2D eigenvalue weighted by Crippen LogP contribution is -2.41. The number of hydrogen-bond acceptors (Lipinski definition) is 4. The van der Waals surface area contributed by atoms with E-state index in [0.29, 0.717) is 9.95 Å². The number of thioether (sulfide) groups is 1. The van der Waals surface area contributed by atoms with Crippen LogP contribution in [-0.4, -0.2) is 29.2 Å². The van der Waals surface area contributed by atoms with Crippen molar-refractivity contribution in [2.24, 2.45) is 0 Å². The molecule has 1 saturated heterocycles. The zero-order valence-corrected chi connectivity index (χ0v) is 18.1. The molecule has 0 aliphatic carbocycles. The molecule has 1 heterocycles. The summed E-state index contributed by atoms with van der Waals surface area (Å²) in [6.45, 7) is 8.87. The molecule has 1 aromatic carbocycles. The number of hydrogen-bond donors (Lipinski definition) is 0. The van der Waals surface area contributed by atoms with E-state index in [9.17, 15) is 18.0 Å². The Kier molecular flexibility index (Phi) is 6.61.